The molecule has 18 heavy (non-hydrogen) atoms. The molecule has 0 unspecified atom stereocenters. The monoisotopic (exact) mass is 377 g/mol. The van der Waals surface area contributed by atoms with Crippen LogP contribution < -0.4 is 4.74 Å². The van der Waals surface area contributed by atoms with Gasteiger partial charge in [-0.1, -0.05) is 38.3 Å². The predicted octanol–water partition coefficient (Wildman–Crippen LogP) is 4.32. The zero-order valence-corrected chi connectivity index (χ0v) is 14.0. The summed E-state index contributed by atoms with van der Waals surface area (Å²) in [6.45, 7) is 2.87. The van der Waals surface area contributed by atoms with Crippen LogP contribution in [-0.2, 0) is 0 Å². The van der Waals surface area contributed by atoms with Crippen molar-refractivity contribution in [1.82, 2.24) is 4.90 Å². The molecule has 0 amide bonds. The Bertz CT molecular complexity index is 316. The number of nitrogens with zero attached hydrogens (tertiary/aromatic N) is 1. The smallest absolute Gasteiger partial charge is 0.119 e. The zero-order chi connectivity index (χ0) is 13.2. The number of alkyl halides is 1. The van der Waals surface area contributed by atoms with Gasteiger partial charge in [0.15, 0.2) is 0 Å². The number of unbranched alkanes of at least 4 members (excludes halogenated alkanes) is 2. The van der Waals surface area contributed by atoms with E-state index in [1.807, 2.05) is 24.3 Å². The summed E-state index contributed by atoms with van der Waals surface area (Å²) in [4.78, 5) is 2.33. The van der Waals surface area contributed by atoms with Crippen LogP contribution in [0.25, 0.3) is 0 Å². The molecular weight excluding hydrogens is 358 g/mol. The average molecular weight is 379 g/mol. The van der Waals surface area contributed by atoms with Crippen molar-refractivity contribution in [3.8, 4) is 5.75 Å². The van der Waals surface area contributed by atoms with E-state index >= 15 is 0 Å². The number of rotatable bonds is 9. The van der Waals surface area contributed by atoms with Gasteiger partial charge < -0.3 is 9.64 Å². The summed E-state index contributed by atoms with van der Waals surface area (Å²) >= 11 is 6.86. The Hall–Kier alpha value is -0.0600. The number of hydrogen-bond acceptors (Lipinski definition) is 2. The zero-order valence-electron chi connectivity index (χ0n) is 10.9. The van der Waals surface area contributed by atoms with Gasteiger partial charge in [-0.3, -0.25) is 0 Å². The van der Waals surface area contributed by atoms with Crippen LogP contribution >= 0.6 is 31.9 Å². The fraction of sp³-hybridized carbons (Fsp3) is 0.571. The second-order valence-corrected chi connectivity index (χ2v) is 6.06. The van der Waals surface area contributed by atoms with E-state index in [-0.39, 0.29) is 0 Å². The van der Waals surface area contributed by atoms with Gasteiger partial charge in [0.2, 0.25) is 0 Å². The van der Waals surface area contributed by atoms with E-state index in [0.29, 0.717) is 0 Å². The fourth-order valence-electron chi connectivity index (χ4n) is 1.61. The second-order valence-electron chi connectivity index (χ2n) is 4.36. The Balaban J connectivity index is 2.07. The molecule has 1 aromatic rings. The minimum Gasteiger partial charge on any atom is -0.492 e. The van der Waals surface area contributed by atoms with E-state index in [0.717, 1.165) is 35.2 Å². The molecule has 0 N–H and O–H groups in total. The maximum absolute atomic E-state index is 5.69. The Labute approximate surface area is 127 Å². The topological polar surface area (TPSA) is 12.5 Å². The molecule has 0 atom stereocenters. The molecule has 102 valence electrons. The largest absolute Gasteiger partial charge is 0.492 e. The highest BCUT2D eigenvalue weighted by Crippen LogP contribution is 2.15. The van der Waals surface area contributed by atoms with E-state index in [4.69, 9.17) is 4.74 Å². The Morgan fingerprint density at radius 1 is 1.06 bits per heavy atom. The lowest BCUT2D eigenvalue weighted by Crippen LogP contribution is -2.25. The number of hydrogen-bond donors (Lipinski definition) is 0. The third-order valence-corrected chi connectivity index (χ3v) is 3.82. The van der Waals surface area contributed by atoms with Gasteiger partial charge in [-0.2, -0.15) is 0 Å². The molecule has 0 spiro atoms. The van der Waals surface area contributed by atoms with Gasteiger partial charge in [-0.15, -0.1) is 0 Å². The van der Waals surface area contributed by atoms with Crippen LogP contribution in [-0.4, -0.2) is 37.0 Å². The molecule has 0 aliphatic rings. The summed E-state index contributed by atoms with van der Waals surface area (Å²) < 4.78 is 6.77. The summed E-state index contributed by atoms with van der Waals surface area (Å²) in [5.41, 5.74) is 0. The molecule has 0 heterocycles. The van der Waals surface area contributed by atoms with Crippen molar-refractivity contribution >= 4 is 31.9 Å². The highest BCUT2D eigenvalue weighted by atomic mass is 79.9. The predicted molar refractivity (Wildman–Crippen MR) is 84.8 cm³/mol. The second kappa shape index (κ2) is 9.82. The summed E-state index contributed by atoms with van der Waals surface area (Å²) in [5.74, 6) is 0.936. The summed E-state index contributed by atoms with van der Waals surface area (Å²) in [6, 6.07) is 7.97. The lowest BCUT2D eigenvalue weighted by atomic mass is 10.2. The molecule has 0 fully saturated rings. The van der Waals surface area contributed by atoms with Crippen LogP contribution in [0.1, 0.15) is 19.3 Å². The molecule has 0 saturated heterocycles. The van der Waals surface area contributed by atoms with Crippen molar-refractivity contribution in [2.75, 3.05) is 32.1 Å². The van der Waals surface area contributed by atoms with E-state index < -0.39 is 0 Å². The third kappa shape index (κ3) is 7.39. The Morgan fingerprint density at radius 3 is 2.44 bits per heavy atom. The SMILES string of the molecule is CN(CCCCCBr)CCOc1ccc(Br)cc1. The molecule has 0 aromatic heterocycles. The molecule has 4 heteroatoms. The van der Waals surface area contributed by atoms with Crippen molar-refractivity contribution in [1.29, 1.82) is 0 Å². The van der Waals surface area contributed by atoms with Crippen LogP contribution in [0.3, 0.4) is 0 Å². The molecule has 1 aromatic carbocycles. The van der Waals surface area contributed by atoms with Crippen molar-refractivity contribution in [2.24, 2.45) is 0 Å². The van der Waals surface area contributed by atoms with Gasteiger partial charge in [-0.05, 0) is 50.7 Å². The maximum Gasteiger partial charge on any atom is 0.119 e. The van der Waals surface area contributed by atoms with Crippen LogP contribution in [0.15, 0.2) is 28.7 Å². The van der Waals surface area contributed by atoms with E-state index in [2.05, 4.69) is 43.8 Å². The highest BCUT2D eigenvalue weighted by molar-refractivity contribution is 9.10. The standard InChI is InChI=1S/C14H21Br2NO/c1-17(10-4-2-3-9-15)11-12-18-14-7-5-13(16)6-8-14/h5-8H,2-4,9-12H2,1H3. The van der Waals surface area contributed by atoms with Crippen molar-refractivity contribution in [3.05, 3.63) is 28.7 Å². The fourth-order valence-corrected chi connectivity index (χ4v) is 2.28. The van der Waals surface area contributed by atoms with Gasteiger partial charge in [0.05, 0.1) is 0 Å². The molecule has 0 aliphatic carbocycles. The average Bonchev–Trinajstić information content (AvgIpc) is 2.37. The Morgan fingerprint density at radius 2 is 1.78 bits per heavy atom. The van der Waals surface area contributed by atoms with Crippen molar-refractivity contribution < 1.29 is 4.74 Å². The third-order valence-electron chi connectivity index (χ3n) is 2.73. The number of benzene rings is 1. The molecule has 0 bridgehead atoms. The molecule has 1 rings (SSSR count). The van der Waals surface area contributed by atoms with Crippen LogP contribution in [0.4, 0.5) is 0 Å². The van der Waals surface area contributed by atoms with Crippen LogP contribution in [0.2, 0.25) is 0 Å². The summed E-state index contributed by atoms with van der Waals surface area (Å²) in [5, 5.41) is 1.11. The number of halogens is 2. The van der Waals surface area contributed by atoms with Crippen molar-refractivity contribution in [3.63, 3.8) is 0 Å². The molecule has 0 aliphatic heterocycles. The number of likely N-dealkylation sites (N-methyl/N-ethyl adjacent to an activating group) is 1. The summed E-state index contributed by atoms with van der Waals surface area (Å²) in [6.07, 6.45) is 3.83. The molecule has 2 nitrogen and oxygen atoms in total. The lowest BCUT2D eigenvalue weighted by Gasteiger charge is -2.16. The first kappa shape index (κ1) is 16.0. The van der Waals surface area contributed by atoms with Crippen LogP contribution in [0, 0.1) is 0 Å². The van der Waals surface area contributed by atoms with Gasteiger partial charge in [0.25, 0.3) is 0 Å². The first-order valence-corrected chi connectivity index (χ1v) is 8.26. The van der Waals surface area contributed by atoms with E-state index in [9.17, 15) is 0 Å². The van der Waals surface area contributed by atoms with E-state index in [1.165, 1.54) is 19.3 Å². The lowest BCUT2D eigenvalue weighted by molar-refractivity contribution is 0.235. The molecule has 0 saturated carbocycles. The minimum atomic E-state index is 0.747. The van der Waals surface area contributed by atoms with Crippen molar-refractivity contribution in [2.45, 2.75) is 19.3 Å². The first-order valence-electron chi connectivity index (χ1n) is 6.35. The quantitative estimate of drug-likeness (QED) is 0.468. The highest BCUT2D eigenvalue weighted by Gasteiger charge is 1.99. The van der Waals surface area contributed by atoms with Gasteiger partial charge in [0, 0.05) is 16.3 Å². The first-order chi connectivity index (χ1) is 8.72. The minimum absolute atomic E-state index is 0.747. The van der Waals surface area contributed by atoms with Gasteiger partial charge in [-0.25, -0.2) is 0 Å². The van der Waals surface area contributed by atoms with E-state index in [1.54, 1.807) is 0 Å². The molecular formula is C14H21Br2NO. The van der Waals surface area contributed by atoms with Gasteiger partial charge in [0.1, 0.15) is 12.4 Å². The maximum atomic E-state index is 5.69. The summed E-state index contributed by atoms with van der Waals surface area (Å²) in [7, 11) is 2.15. The Kier molecular flexibility index (Phi) is 8.72. The normalized spacial score (nSPS) is 10.9. The van der Waals surface area contributed by atoms with Gasteiger partial charge >= 0.3 is 0 Å². The number of ether oxygens (including phenoxy) is 1. The molecule has 0 radical (unpaired) electrons. The van der Waals surface area contributed by atoms with Crippen LogP contribution in [0.5, 0.6) is 5.75 Å².